The van der Waals surface area contributed by atoms with Crippen LogP contribution in [0.4, 0.5) is 0 Å². The lowest BCUT2D eigenvalue weighted by molar-refractivity contribution is 0.279. The second-order valence-electron chi connectivity index (χ2n) is 5.50. The Balaban J connectivity index is 2.29. The molecule has 0 aromatic carbocycles. The molecule has 1 fully saturated rings. The zero-order valence-corrected chi connectivity index (χ0v) is 11.4. The summed E-state index contributed by atoms with van der Waals surface area (Å²) in [7, 11) is 2.16. The van der Waals surface area contributed by atoms with Crippen LogP contribution in [0.15, 0.2) is 0 Å². The Morgan fingerprint density at radius 3 is 2.19 bits per heavy atom. The van der Waals surface area contributed by atoms with Crippen LogP contribution in [0.5, 0.6) is 0 Å². The first-order chi connectivity index (χ1) is 7.88. The van der Waals surface area contributed by atoms with Crippen molar-refractivity contribution < 1.29 is 0 Å². The Bertz CT molecular complexity index is 148. The maximum Gasteiger partial charge on any atom is 0.00923 e. The molecule has 0 saturated heterocycles. The Morgan fingerprint density at radius 1 is 1.00 bits per heavy atom. The minimum absolute atomic E-state index is 0.796. The Hall–Kier alpha value is -0.0400. The molecule has 0 spiro atoms. The molecular formula is C15H31N. The van der Waals surface area contributed by atoms with Gasteiger partial charge in [-0.3, -0.25) is 0 Å². The fourth-order valence-corrected chi connectivity index (χ4v) is 3.12. The van der Waals surface area contributed by atoms with Gasteiger partial charge in [0.05, 0.1) is 0 Å². The standard InChI is InChI=1S/C15H31N/c1-3-4-8-13-15(16-2)14-11-9-6-5-7-10-12-14/h14-16H,3-13H2,1-2H3. The van der Waals surface area contributed by atoms with Gasteiger partial charge >= 0.3 is 0 Å². The van der Waals surface area contributed by atoms with Crippen molar-refractivity contribution >= 4 is 0 Å². The topological polar surface area (TPSA) is 12.0 Å². The van der Waals surface area contributed by atoms with Gasteiger partial charge in [0.2, 0.25) is 0 Å². The summed E-state index contributed by atoms with van der Waals surface area (Å²) < 4.78 is 0. The number of hydrogen-bond donors (Lipinski definition) is 1. The van der Waals surface area contributed by atoms with E-state index < -0.39 is 0 Å². The van der Waals surface area contributed by atoms with E-state index in [-0.39, 0.29) is 0 Å². The van der Waals surface area contributed by atoms with E-state index in [0.29, 0.717) is 0 Å². The molecule has 0 amide bonds. The van der Waals surface area contributed by atoms with Gasteiger partial charge in [0.1, 0.15) is 0 Å². The molecular weight excluding hydrogens is 194 g/mol. The Labute approximate surface area is 102 Å². The van der Waals surface area contributed by atoms with Crippen LogP contribution in [0.1, 0.15) is 77.6 Å². The van der Waals surface area contributed by atoms with Gasteiger partial charge in [0, 0.05) is 6.04 Å². The predicted octanol–water partition coefficient (Wildman–Crippen LogP) is 4.52. The SMILES string of the molecule is CCCCCC(NC)C1CCCCCCC1. The highest BCUT2D eigenvalue weighted by molar-refractivity contribution is 4.76. The maximum absolute atomic E-state index is 3.58. The lowest BCUT2D eigenvalue weighted by Crippen LogP contribution is -2.34. The summed E-state index contributed by atoms with van der Waals surface area (Å²) in [5.41, 5.74) is 0. The number of rotatable bonds is 6. The van der Waals surface area contributed by atoms with Crippen LogP contribution in [-0.2, 0) is 0 Å². The van der Waals surface area contributed by atoms with E-state index in [1.54, 1.807) is 0 Å². The van der Waals surface area contributed by atoms with Crippen molar-refractivity contribution in [1.29, 1.82) is 0 Å². The van der Waals surface area contributed by atoms with Crippen LogP contribution < -0.4 is 5.32 Å². The van der Waals surface area contributed by atoms with Crippen LogP contribution >= 0.6 is 0 Å². The van der Waals surface area contributed by atoms with Crippen molar-refractivity contribution in [3.05, 3.63) is 0 Å². The van der Waals surface area contributed by atoms with Crippen LogP contribution in [0.25, 0.3) is 0 Å². The fraction of sp³-hybridized carbons (Fsp3) is 1.00. The lowest BCUT2D eigenvalue weighted by Gasteiger charge is -2.28. The maximum atomic E-state index is 3.58. The van der Waals surface area contributed by atoms with Crippen molar-refractivity contribution in [3.63, 3.8) is 0 Å². The van der Waals surface area contributed by atoms with Crippen molar-refractivity contribution in [3.8, 4) is 0 Å². The highest BCUT2D eigenvalue weighted by Crippen LogP contribution is 2.26. The van der Waals surface area contributed by atoms with Gasteiger partial charge in [0.15, 0.2) is 0 Å². The molecule has 1 unspecified atom stereocenters. The van der Waals surface area contributed by atoms with Crippen LogP contribution in [0.3, 0.4) is 0 Å². The monoisotopic (exact) mass is 225 g/mol. The molecule has 1 nitrogen and oxygen atoms in total. The average Bonchev–Trinajstić information content (AvgIpc) is 2.25. The van der Waals surface area contributed by atoms with Crippen LogP contribution in [0.2, 0.25) is 0 Å². The van der Waals surface area contributed by atoms with E-state index in [0.717, 1.165) is 12.0 Å². The van der Waals surface area contributed by atoms with Gasteiger partial charge in [-0.15, -0.1) is 0 Å². The summed E-state index contributed by atoms with van der Waals surface area (Å²) in [6.07, 6.45) is 15.9. The smallest absolute Gasteiger partial charge is 0.00923 e. The molecule has 1 aliphatic carbocycles. The molecule has 1 N–H and O–H groups in total. The molecule has 16 heavy (non-hydrogen) atoms. The van der Waals surface area contributed by atoms with Crippen molar-refractivity contribution in [2.45, 2.75) is 83.6 Å². The summed E-state index contributed by atoms with van der Waals surface area (Å²) in [5.74, 6) is 0.960. The summed E-state index contributed by atoms with van der Waals surface area (Å²) in [5, 5.41) is 3.58. The van der Waals surface area contributed by atoms with Crippen molar-refractivity contribution in [2.24, 2.45) is 5.92 Å². The highest BCUT2D eigenvalue weighted by Gasteiger charge is 2.19. The van der Waals surface area contributed by atoms with Crippen LogP contribution in [0, 0.1) is 5.92 Å². The molecule has 0 aliphatic heterocycles. The quantitative estimate of drug-likeness (QED) is 0.656. The first-order valence-corrected chi connectivity index (χ1v) is 7.55. The molecule has 1 heteroatoms. The molecule has 1 atom stereocenters. The minimum atomic E-state index is 0.796. The van der Waals surface area contributed by atoms with E-state index in [1.807, 2.05) is 0 Å². The summed E-state index contributed by atoms with van der Waals surface area (Å²) >= 11 is 0. The van der Waals surface area contributed by atoms with Crippen molar-refractivity contribution in [2.75, 3.05) is 7.05 Å². The largest absolute Gasteiger partial charge is 0.317 e. The van der Waals surface area contributed by atoms with E-state index in [4.69, 9.17) is 0 Å². The summed E-state index contributed by atoms with van der Waals surface area (Å²) in [6.45, 7) is 2.30. The zero-order chi connectivity index (χ0) is 11.6. The Kier molecular flexibility index (Phi) is 7.92. The van der Waals surface area contributed by atoms with E-state index >= 15 is 0 Å². The third-order valence-electron chi connectivity index (χ3n) is 4.21. The zero-order valence-electron chi connectivity index (χ0n) is 11.4. The summed E-state index contributed by atoms with van der Waals surface area (Å²) in [6, 6.07) is 0.796. The normalized spacial score (nSPS) is 21.4. The second-order valence-corrected chi connectivity index (χ2v) is 5.50. The van der Waals surface area contributed by atoms with Gasteiger partial charge < -0.3 is 5.32 Å². The third-order valence-corrected chi connectivity index (χ3v) is 4.21. The summed E-state index contributed by atoms with van der Waals surface area (Å²) in [4.78, 5) is 0. The predicted molar refractivity (Wildman–Crippen MR) is 72.8 cm³/mol. The lowest BCUT2D eigenvalue weighted by atomic mass is 9.84. The van der Waals surface area contributed by atoms with E-state index in [9.17, 15) is 0 Å². The highest BCUT2D eigenvalue weighted by atomic mass is 14.9. The molecule has 0 aromatic rings. The first-order valence-electron chi connectivity index (χ1n) is 7.55. The molecule has 0 heterocycles. The molecule has 1 saturated carbocycles. The molecule has 0 bridgehead atoms. The van der Waals surface area contributed by atoms with E-state index in [2.05, 4.69) is 19.3 Å². The molecule has 0 aromatic heterocycles. The molecule has 1 aliphatic rings. The van der Waals surface area contributed by atoms with E-state index in [1.165, 1.54) is 70.6 Å². The number of unbranched alkanes of at least 4 members (excludes halogenated alkanes) is 2. The van der Waals surface area contributed by atoms with Crippen LogP contribution in [-0.4, -0.2) is 13.1 Å². The third kappa shape index (κ3) is 5.34. The van der Waals surface area contributed by atoms with Gasteiger partial charge in [-0.2, -0.15) is 0 Å². The minimum Gasteiger partial charge on any atom is -0.317 e. The van der Waals surface area contributed by atoms with Gasteiger partial charge in [-0.05, 0) is 32.2 Å². The molecule has 1 rings (SSSR count). The molecule has 0 radical (unpaired) electrons. The number of hydrogen-bond acceptors (Lipinski definition) is 1. The van der Waals surface area contributed by atoms with Gasteiger partial charge in [-0.1, -0.05) is 58.3 Å². The number of nitrogens with one attached hydrogen (secondary N) is 1. The second kappa shape index (κ2) is 9.04. The van der Waals surface area contributed by atoms with Crippen molar-refractivity contribution in [1.82, 2.24) is 5.32 Å². The molecule has 96 valence electrons. The fourth-order valence-electron chi connectivity index (χ4n) is 3.12. The first kappa shape index (κ1) is 14.0. The van der Waals surface area contributed by atoms with Gasteiger partial charge in [-0.25, -0.2) is 0 Å². The average molecular weight is 225 g/mol. The Morgan fingerprint density at radius 2 is 1.62 bits per heavy atom. The van der Waals surface area contributed by atoms with Gasteiger partial charge in [0.25, 0.3) is 0 Å².